The van der Waals surface area contributed by atoms with E-state index in [1.165, 1.54) is 5.69 Å². The molecule has 2 aromatic rings. The number of amides is 2. The molecule has 2 heterocycles. The van der Waals surface area contributed by atoms with Gasteiger partial charge in [-0.05, 0) is 37.1 Å². The zero-order valence-corrected chi connectivity index (χ0v) is 16.0. The van der Waals surface area contributed by atoms with Gasteiger partial charge in [0.25, 0.3) is 11.8 Å². The van der Waals surface area contributed by atoms with Gasteiger partial charge in [-0.25, -0.2) is 0 Å². The first-order valence-electron chi connectivity index (χ1n) is 10.1. The van der Waals surface area contributed by atoms with Gasteiger partial charge >= 0.3 is 0 Å². The molecule has 2 fully saturated rings. The minimum Gasteiger partial charge on any atom is -0.368 e. The molecule has 0 bridgehead atoms. The highest BCUT2D eigenvalue weighted by molar-refractivity contribution is 5.98. The lowest BCUT2D eigenvalue weighted by molar-refractivity contribution is 0.0746. The molecule has 0 unspecified atom stereocenters. The Morgan fingerprint density at radius 2 is 1.68 bits per heavy atom. The molecule has 1 saturated carbocycles. The number of hydrogen-bond acceptors (Lipinski definition) is 4. The van der Waals surface area contributed by atoms with Gasteiger partial charge in [0.05, 0.1) is 0 Å². The first-order chi connectivity index (χ1) is 13.7. The minimum absolute atomic E-state index is 0.0370. The number of carbonyl (C=O) groups is 2. The minimum atomic E-state index is -0.185. The van der Waals surface area contributed by atoms with Crippen molar-refractivity contribution in [3.63, 3.8) is 0 Å². The molecule has 146 valence electrons. The summed E-state index contributed by atoms with van der Waals surface area (Å²) >= 11 is 0. The topological polar surface area (TPSA) is 65.5 Å². The molecule has 0 spiro atoms. The third-order valence-corrected chi connectivity index (χ3v) is 5.62. The van der Waals surface area contributed by atoms with Crippen LogP contribution in [-0.2, 0) is 0 Å². The van der Waals surface area contributed by atoms with Gasteiger partial charge in [0, 0.05) is 49.7 Å². The fourth-order valence-corrected chi connectivity index (χ4v) is 4.01. The summed E-state index contributed by atoms with van der Waals surface area (Å²) in [5.41, 5.74) is 2.03. The summed E-state index contributed by atoms with van der Waals surface area (Å²) in [6.07, 6.45) is 5.92. The quantitative estimate of drug-likeness (QED) is 0.888. The van der Waals surface area contributed by atoms with E-state index in [2.05, 4.69) is 27.3 Å². The molecule has 6 heteroatoms. The van der Waals surface area contributed by atoms with Crippen LogP contribution in [0.4, 0.5) is 5.69 Å². The van der Waals surface area contributed by atoms with Crippen LogP contribution in [0.25, 0.3) is 0 Å². The highest BCUT2D eigenvalue weighted by atomic mass is 16.2. The number of benzene rings is 1. The molecule has 1 saturated heterocycles. The Morgan fingerprint density at radius 1 is 0.964 bits per heavy atom. The largest absolute Gasteiger partial charge is 0.368 e. The predicted octanol–water partition coefficient (Wildman–Crippen LogP) is 2.72. The number of piperazine rings is 1. The smallest absolute Gasteiger partial charge is 0.270 e. The van der Waals surface area contributed by atoms with Crippen molar-refractivity contribution in [3.8, 4) is 0 Å². The van der Waals surface area contributed by atoms with Crippen molar-refractivity contribution in [2.45, 2.75) is 31.7 Å². The SMILES string of the molecule is O=C(NC1CCCC1)c1cc(C(=O)N2CCN(c3ccccc3)CC2)ccn1. The molecule has 28 heavy (non-hydrogen) atoms. The van der Waals surface area contributed by atoms with E-state index in [4.69, 9.17) is 0 Å². The fraction of sp³-hybridized carbons (Fsp3) is 0.409. The van der Waals surface area contributed by atoms with Crippen LogP contribution in [0.2, 0.25) is 0 Å². The third kappa shape index (κ3) is 4.16. The summed E-state index contributed by atoms with van der Waals surface area (Å²) in [5.74, 6) is -0.222. The summed E-state index contributed by atoms with van der Waals surface area (Å²) in [6, 6.07) is 13.8. The van der Waals surface area contributed by atoms with Gasteiger partial charge in [-0.2, -0.15) is 0 Å². The van der Waals surface area contributed by atoms with Crippen LogP contribution in [0.5, 0.6) is 0 Å². The molecule has 0 atom stereocenters. The monoisotopic (exact) mass is 378 g/mol. The number of pyridine rings is 1. The summed E-state index contributed by atoms with van der Waals surface area (Å²) in [6.45, 7) is 2.94. The highest BCUT2D eigenvalue weighted by Crippen LogP contribution is 2.19. The van der Waals surface area contributed by atoms with E-state index in [1.54, 1.807) is 18.3 Å². The van der Waals surface area contributed by atoms with Crippen LogP contribution in [0, 0.1) is 0 Å². The first kappa shape index (κ1) is 18.5. The zero-order chi connectivity index (χ0) is 19.3. The van der Waals surface area contributed by atoms with Crippen molar-refractivity contribution in [2.24, 2.45) is 0 Å². The number of carbonyl (C=O) groups excluding carboxylic acids is 2. The molecule has 0 radical (unpaired) electrons. The van der Waals surface area contributed by atoms with Gasteiger partial charge in [-0.1, -0.05) is 31.0 Å². The van der Waals surface area contributed by atoms with Crippen LogP contribution >= 0.6 is 0 Å². The van der Waals surface area contributed by atoms with E-state index in [0.29, 0.717) is 24.3 Å². The van der Waals surface area contributed by atoms with Gasteiger partial charge in [-0.15, -0.1) is 0 Å². The molecule has 1 aliphatic carbocycles. The van der Waals surface area contributed by atoms with Crippen molar-refractivity contribution in [1.82, 2.24) is 15.2 Å². The standard InChI is InChI=1S/C22H26N4O2/c27-21(24-18-6-4-5-7-18)20-16-17(10-11-23-20)22(28)26-14-12-25(13-15-26)19-8-2-1-3-9-19/h1-3,8-11,16,18H,4-7,12-15H2,(H,24,27). The zero-order valence-electron chi connectivity index (χ0n) is 16.0. The van der Waals surface area contributed by atoms with Crippen LogP contribution in [0.15, 0.2) is 48.7 Å². The summed E-state index contributed by atoms with van der Waals surface area (Å²) in [5, 5.41) is 3.03. The molecule has 2 aliphatic rings. The predicted molar refractivity (Wildman–Crippen MR) is 109 cm³/mol. The lowest BCUT2D eigenvalue weighted by Crippen LogP contribution is -2.48. The lowest BCUT2D eigenvalue weighted by atomic mass is 10.1. The highest BCUT2D eigenvalue weighted by Gasteiger charge is 2.24. The molecule has 1 aliphatic heterocycles. The van der Waals surface area contributed by atoms with Crippen molar-refractivity contribution in [1.29, 1.82) is 0 Å². The van der Waals surface area contributed by atoms with Crippen molar-refractivity contribution in [3.05, 3.63) is 59.9 Å². The molecular formula is C22H26N4O2. The summed E-state index contributed by atoms with van der Waals surface area (Å²) in [4.78, 5) is 33.7. The number of nitrogens with one attached hydrogen (secondary N) is 1. The number of aromatic nitrogens is 1. The number of hydrogen-bond donors (Lipinski definition) is 1. The van der Waals surface area contributed by atoms with E-state index >= 15 is 0 Å². The summed E-state index contributed by atoms with van der Waals surface area (Å²) in [7, 11) is 0. The number of anilines is 1. The van der Waals surface area contributed by atoms with E-state index < -0.39 is 0 Å². The Hall–Kier alpha value is -2.89. The van der Waals surface area contributed by atoms with E-state index in [0.717, 1.165) is 38.8 Å². The lowest BCUT2D eigenvalue weighted by Gasteiger charge is -2.36. The average molecular weight is 378 g/mol. The van der Waals surface area contributed by atoms with E-state index in [-0.39, 0.29) is 17.9 Å². The fourth-order valence-electron chi connectivity index (χ4n) is 4.01. The molecule has 1 aromatic carbocycles. The van der Waals surface area contributed by atoms with Gasteiger partial charge < -0.3 is 15.1 Å². The Balaban J connectivity index is 1.38. The van der Waals surface area contributed by atoms with Crippen molar-refractivity contribution < 1.29 is 9.59 Å². The Morgan fingerprint density at radius 3 is 2.39 bits per heavy atom. The number of para-hydroxylation sites is 1. The van der Waals surface area contributed by atoms with Gasteiger partial charge in [0.15, 0.2) is 0 Å². The number of nitrogens with zero attached hydrogens (tertiary/aromatic N) is 3. The van der Waals surface area contributed by atoms with Crippen molar-refractivity contribution >= 4 is 17.5 Å². The Bertz CT molecular complexity index is 825. The van der Waals surface area contributed by atoms with Gasteiger partial charge in [0.2, 0.25) is 0 Å². The third-order valence-electron chi connectivity index (χ3n) is 5.62. The maximum atomic E-state index is 12.9. The molecule has 1 aromatic heterocycles. The normalized spacial score (nSPS) is 17.6. The van der Waals surface area contributed by atoms with Gasteiger partial charge in [-0.3, -0.25) is 14.6 Å². The van der Waals surface area contributed by atoms with Crippen molar-refractivity contribution in [2.75, 3.05) is 31.1 Å². The maximum Gasteiger partial charge on any atom is 0.270 e. The Labute approximate surface area is 165 Å². The Kier molecular flexibility index (Phi) is 5.55. The molecular weight excluding hydrogens is 352 g/mol. The molecule has 4 rings (SSSR count). The number of rotatable bonds is 4. The average Bonchev–Trinajstić information content (AvgIpc) is 3.27. The molecule has 2 amide bonds. The van der Waals surface area contributed by atoms with Crippen LogP contribution in [-0.4, -0.2) is 53.9 Å². The molecule has 6 nitrogen and oxygen atoms in total. The van der Waals surface area contributed by atoms with E-state index in [9.17, 15) is 9.59 Å². The second-order valence-corrected chi connectivity index (χ2v) is 7.50. The van der Waals surface area contributed by atoms with Crippen LogP contribution < -0.4 is 10.2 Å². The van der Waals surface area contributed by atoms with Crippen LogP contribution in [0.3, 0.4) is 0 Å². The van der Waals surface area contributed by atoms with Gasteiger partial charge in [0.1, 0.15) is 5.69 Å². The second kappa shape index (κ2) is 8.42. The van der Waals surface area contributed by atoms with E-state index in [1.807, 2.05) is 23.1 Å². The molecule has 1 N–H and O–H groups in total. The van der Waals surface area contributed by atoms with Crippen LogP contribution in [0.1, 0.15) is 46.5 Å². The summed E-state index contributed by atoms with van der Waals surface area (Å²) < 4.78 is 0. The maximum absolute atomic E-state index is 12.9. The second-order valence-electron chi connectivity index (χ2n) is 7.50. The first-order valence-corrected chi connectivity index (χ1v) is 10.1.